The Morgan fingerprint density at radius 3 is 2.74 bits per heavy atom. The van der Waals surface area contributed by atoms with E-state index in [1.54, 1.807) is 29.9 Å². The van der Waals surface area contributed by atoms with Crippen molar-refractivity contribution in [1.29, 1.82) is 0 Å². The Labute approximate surface area is 139 Å². The first-order valence-electron chi connectivity index (χ1n) is 7.54. The van der Waals surface area contributed by atoms with Crippen LogP contribution in [0, 0.1) is 0 Å². The van der Waals surface area contributed by atoms with Crippen molar-refractivity contribution in [3.05, 3.63) is 24.4 Å². The van der Waals surface area contributed by atoms with E-state index in [0.717, 1.165) is 27.2 Å². The largest absolute Gasteiger partial charge is 0.443 e. The minimum absolute atomic E-state index is 0.113. The highest BCUT2D eigenvalue weighted by atomic mass is 32.2. The Kier molecular flexibility index (Phi) is 3.88. The third kappa shape index (κ3) is 3.08. The van der Waals surface area contributed by atoms with Gasteiger partial charge in [0.25, 0.3) is 0 Å². The first kappa shape index (κ1) is 15.9. The van der Waals surface area contributed by atoms with Gasteiger partial charge in [-0.15, -0.1) is 11.8 Å². The molecule has 0 atom stereocenters. The van der Waals surface area contributed by atoms with Crippen LogP contribution in [-0.2, 0) is 9.53 Å². The number of benzene rings is 1. The smallest absolute Gasteiger partial charge is 0.418 e. The van der Waals surface area contributed by atoms with Crippen LogP contribution in [0.3, 0.4) is 0 Å². The fraction of sp³-hybridized carbons (Fsp3) is 0.412. The van der Waals surface area contributed by atoms with E-state index in [9.17, 15) is 9.59 Å². The van der Waals surface area contributed by atoms with Gasteiger partial charge in [-0.25, -0.2) is 4.79 Å². The van der Waals surface area contributed by atoms with E-state index in [1.807, 2.05) is 39.0 Å². The Hall–Kier alpha value is -1.95. The Morgan fingerprint density at radius 1 is 1.30 bits per heavy atom. The van der Waals surface area contributed by atoms with Crippen LogP contribution < -0.4 is 4.90 Å². The number of carbonyl (C=O) groups is 2. The molecule has 1 aromatic carbocycles. The summed E-state index contributed by atoms with van der Waals surface area (Å²) in [5.74, 6) is 0.858. The van der Waals surface area contributed by atoms with Crippen molar-refractivity contribution < 1.29 is 14.3 Å². The van der Waals surface area contributed by atoms with Gasteiger partial charge < -0.3 is 9.64 Å². The van der Waals surface area contributed by atoms with Crippen LogP contribution in [0.25, 0.3) is 10.9 Å². The fourth-order valence-electron chi connectivity index (χ4n) is 2.55. The molecule has 0 saturated heterocycles. The number of thioether (sulfide) groups is 1. The van der Waals surface area contributed by atoms with E-state index < -0.39 is 11.7 Å². The molecule has 23 heavy (non-hydrogen) atoms. The zero-order valence-corrected chi connectivity index (χ0v) is 14.6. The molecule has 0 bridgehead atoms. The van der Waals surface area contributed by atoms with Gasteiger partial charge in [0.2, 0.25) is 5.91 Å². The number of rotatable bonds is 0. The van der Waals surface area contributed by atoms with Crippen LogP contribution in [0.15, 0.2) is 29.3 Å². The second-order valence-corrected chi connectivity index (χ2v) is 7.73. The van der Waals surface area contributed by atoms with Crippen molar-refractivity contribution in [3.63, 3.8) is 0 Å². The second kappa shape index (κ2) is 5.60. The van der Waals surface area contributed by atoms with Crippen molar-refractivity contribution in [1.82, 2.24) is 4.57 Å². The van der Waals surface area contributed by atoms with Crippen LogP contribution >= 0.6 is 11.8 Å². The van der Waals surface area contributed by atoms with Crippen LogP contribution in [0.4, 0.5) is 10.5 Å². The lowest BCUT2D eigenvalue weighted by Crippen LogP contribution is -2.27. The zero-order valence-electron chi connectivity index (χ0n) is 13.8. The number of fused-ring (bicyclic) bond motifs is 2. The van der Waals surface area contributed by atoms with Crippen LogP contribution in [0.2, 0.25) is 0 Å². The molecule has 0 saturated carbocycles. The monoisotopic (exact) mass is 332 g/mol. The highest BCUT2D eigenvalue weighted by Crippen LogP contribution is 2.37. The van der Waals surface area contributed by atoms with Crippen molar-refractivity contribution in [2.45, 2.75) is 37.7 Å². The van der Waals surface area contributed by atoms with Gasteiger partial charge in [0.15, 0.2) is 0 Å². The molecule has 0 fully saturated rings. The Morgan fingerprint density at radius 2 is 2.04 bits per heavy atom. The summed E-state index contributed by atoms with van der Waals surface area (Å²) in [5, 5.41) is 0.914. The van der Waals surface area contributed by atoms with Crippen molar-refractivity contribution in [3.8, 4) is 0 Å². The summed E-state index contributed by atoms with van der Waals surface area (Å²) >= 11 is 1.64. The summed E-state index contributed by atoms with van der Waals surface area (Å²) in [5.41, 5.74) is 1.15. The molecule has 0 N–H and O–H groups in total. The van der Waals surface area contributed by atoms with E-state index in [-0.39, 0.29) is 5.91 Å². The highest BCUT2D eigenvalue weighted by Gasteiger charge is 2.23. The average molecular weight is 332 g/mol. The lowest BCUT2D eigenvalue weighted by Gasteiger charge is -2.20. The van der Waals surface area contributed by atoms with Gasteiger partial charge >= 0.3 is 6.09 Å². The quantitative estimate of drug-likeness (QED) is 0.734. The minimum atomic E-state index is -0.541. The van der Waals surface area contributed by atoms with Crippen molar-refractivity contribution in [2.75, 3.05) is 17.7 Å². The lowest BCUT2D eigenvalue weighted by atomic mass is 10.2. The van der Waals surface area contributed by atoms with Gasteiger partial charge in [-0.05, 0) is 39.0 Å². The van der Waals surface area contributed by atoms with E-state index in [1.165, 1.54) is 4.57 Å². The maximum Gasteiger partial charge on any atom is 0.418 e. The molecule has 0 spiro atoms. The molecule has 3 rings (SSSR count). The highest BCUT2D eigenvalue weighted by molar-refractivity contribution is 7.99. The maximum absolute atomic E-state index is 12.4. The van der Waals surface area contributed by atoms with Gasteiger partial charge in [0, 0.05) is 35.7 Å². The number of hydrogen-bond acceptors (Lipinski definition) is 4. The third-order valence-electron chi connectivity index (χ3n) is 3.67. The zero-order chi connectivity index (χ0) is 16.8. The molecular weight excluding hydrogens is 312 g/mol. The summed E-state index contributed by atoms with van der Waals surface area (Å²) in [6.07, 6.45) is 1.84. The molecule has 1 aromatic heterocycles. The molecule has 0 radical (unpaired) electrons. The molecule has 122 valence electrons. The number of anilines is 1. The molecule has 0 aliphatic carbocycles. The minimum Gasteiger partial charge on any atom is -0.443 e. The first-order valence-corrected chi connectivity index (χ1v) is 8.52. The number of amides is 1. The topological polar surface area (TPSA) is 51.5 Å². The van der Waals surface area contributed by atoms with Crippen LogP contribution in [0.1, 0.15) is 27.2 Å². The summed E-state index contributed by atoms with van der Waals surface area (Å²) < 4.78 is 6.97. The first-order chi connectivity index (χ1) is 10.8. The summed E-state index contributed by atoms with van der Waals surface area (Å²) in [6.45, 7) is 5.54. The summed E-state index contributed by atoms with van der Waals surface area (Å²) in [6, 6.07) is 5.80. The van der Waals surface area contributed by atoms with E-state index in [0.29, 0.717) is 6.42 Å². The molecule has 5 nitrogen and oxygen atoms in total. The van der Waals surface area contributed by atoms with Crippen LogP contribution in [0.5, 0.6) is 0 Å². The van der Waals surface area contributed by atoms with Gasteiger partial charge in [-0.1, -0.05) is 0 Å². The van der Waals surface area contributed by atoms with E-state index in [4.69, 9.17) is 4.74 Å². The number of nitrogens with zero attached hydrogens (tertiary/aromatic N) is 2. The maximum atomic E-state index is 12.4. The standard InChI is InChI=1S/C17H20N2O3S/c1-17(2,3)22-16(21)19-7-5-11-9-13-14(10-12(11)19)23-8-6-15(20)18(13)4/h5,7,9-10H,6,8H2,1-4H3. The van der Waals surface area contributed by atoms with Gasteiger partial charge in [0.1, 0.15) is 5.60 Å². The molecule has 1 aliphatic rings. The normalized spacial score (nSPS) is 15.5. The fourth-order valence-corrected chi connectivity index (χ4v) is 3.58. The molecule has 2 heterocycles. The van der Waals surface area contributed by atoms with Gasteiger partial charge in [0.05, 0.1) is 11.2 Å². The molecule has 1 amide bonds. The molecule has 6 heteroatoms. The number of hydrogen-bond donors (Lipinski definition) is 0. The number of carbonyl (C=O) groups excluding carboxylic acids is 2. The number of ether oxygens (including phenoxy) is 1. The second-order valence-electron chi connectivity index (χ2n) is 6.60. The summed E-state index contributed by atoms with van der Waals surface area (Å²) in [4.78, 5) is 27.1. The van der Waals surface area contributed by atoms with Gasteiger partial charge in [-0.2, -0.15) is 0 Å². The predicted molar refractivity (Wildman–Crippen MR) is 92.3 cm³/mol. The molecular formula is C17H20N2O3S. The molecule has 2 aromatic rings. The summed E-state index contributed by atoms with van der Waals surface area (Å²) in [7, 11) is 1.80. The van der Waals surface area contributed by atoms with Crippen molar-refractivity contribution in [2.24, 2.45) is 0 Å². The third-order valence-corrected chi connectivity index (χ3v) is 4.72. The van der Waals surface area contributed by atoms with Gasteiger partial charge in [-0.3, -0.25) is 9.36 Å². The van der Waals surface area contributed by atoms with E-state index >= 15 is 0 Å². The number of aromatic nitrogens is 1. The van der Waals surface area contributed by atoms with E-state index in [2.05, 4.69) is 0 Å². The van der Waals surface area contributed by atoms with Crippen molar-refractivity contribution >= 4 is 40.4 Å². The molecule has 1 aliphatic heterocycles. The predicted octanol–water partition coefficient (Wildman–Crippen LogP) is 3.88. The molecule has 0 unspecified atom stereocenters. The van der Waals surface area contributed by atoms with Crippen LogP contribution in [-0.4, -0.2) is 35.0 Å². The lowest BCUT2D eigenvalue weighted by molar-refractivity contribution is -0.117. The average Bonchev–Trinajstić information content (AvgIpc) is 2.80. The Bertz CT molecular complexity index is 789. The Balaban J connectivity index is 2.07. The SMILES string of the molecule is CN1C(=O)CCSc2cc3c(ccn3C(=O)OC(C)(C)C)cc21.